The third kappa shape index (κ3) is 1.79. The molecule has 15 heavy (non-hydrogen) atoms. The number of phenols is 1. The van der Waals surface area contributed by atoms with Gasteiger partial charge in [-0.25, -0.2) is 0 Å². The first-order valence-electron chi connectivity index (χ1n) is 5.43. The van der Waals surface area contributed by atoms with Crippen molar-refractivity contribution in [1.82, 2.24) is 5.32 Å². The SMILES string of the molecule is CNCc1ccc2c(c1O)CCCN2C. The van der Waals surface area contributed by atoms with Crippen molar-refractivity contribution < 1.29 is 5.11 Å². The van der Waals surface area contributed by atoms with Crippen molar-refractivity contribution in [2.24, 2.45) is 0 Å². The van der Waals surface area contributed by atoms with Crippen LogP contribution in [0.15, 0.2) is 12.1 Å². The second-order valence-corrected chi connectivity index (χ2v) is 4.13. The minimum Gasteiger partial charge on any atom is -0.507 e. The van der Waals surface area contributed by atoms with Crippen LogP contribution in [0.3, 0.4) is 0 Å². The summed E-state index contributed by atoms with van der Waals surface area (Å²) in [7, 11) is 3.97. The Kier molecular flexibility index (Phi) is 2.82. The summed E-state index contributed by atoms with van der Waals surface area (Å²) < 4.78 is 0. The Labute approximate surface area is 90.7 Å². The van der Waals surface area contributed by atoms with Crippen molar-refractivity contribution in [3.63, 3.8) is 0 Å². The van der Waals surface area contributed by atoms with E-state index >= 15 is 0 Å². The monoisotopic (exact) mass is 206 g/mol. The average molecular weight is 206 g/mol. The van der Waals surface area contributed by atoms with Gasteiger partial charge in [0.2, 0.25) is 0 Å². The van der Waals surface area contributed by atoms with Gasteiger partial charge in [0, 0.05) is 37.0 Å². The number of fused-ring (bicyclic) bond motifs is 1. The molecule has 0 atom stereocenters. The smallest absolute Gasteiger partial charge is 0.125 e. The molecule has 82 valence electrons. The lowest BCUT2D eigenvalue weighted by Gasteiger charge is -2.28. The lowest BCUT2D eigenvalue weighted by atomic mass is 9.98. The van der Waals surface area contributed by atoms with Crippen LogP contribution in [0, 0.1) is 0 Å². The highest BCUT2D eigenvalue weighted by Crippen LogP contribution is 2.35. The molecule has 0 aliphatic carbocycles. The van der Waals surface area contributed by atoms with Crippen LogP contribution >= 0.6 is 0 Å². The number of nitrogens with one attached hydrogen (secondary N) is 1. The Hall–Kier alpha value is -1.22. The summed E-state index contributed by atoms with van der Waals surface area (Å²) in [6, 6.07) is 4.12. The third-order valence-electron chi connectivity index (χ3n) is 3.04. The van der Waals surface area contributed by atoms with Gasteiger partial charge in [-0.15, -0.1) is 0 Å². The van der Waals surface area contributed by atoms with E-state index in [2.05, 4.69) is 23.3 Å². The van der Waals surface area contributed by atoms with Crippen molar-refractivity contribution in [2.75, 3.05) is 25.5 Å². The van der Waals surface area contributed by atoms with E-state index in [1.165, 1.54) is 5.69 Å². The predicted octanol–water partition coefficient (Wildman–Crippen LogP) is 1.49. The summed E-state index contributed by atoms with van der Waals surface area (Å²) in [6.07, 6.45) is 2.11. The molecule has 0 aromatic heterocycles. The van der Waals surface area contributed by atoms with Gasteiger partial charge < -0.3 is 15.3 Å². The predicted molar refractivity (Wildman–Crippen MR) is 62.5 cm³/mol. The Morgan fingerprint density at radius 1 is 1.47 bits per heavy atom. The summed E-state index contributed by atoms with van der Waals surface area (Å²) in [5.74, 6) is 0.480. The van der Waals surface area contributed by atoms with E-state index in [1.54, 1.807) is 0 Å². The number of nitrogens with zero attached hydrogens (tertiary/aromatic N) is 1. The molecule has 0 saturated heterocycles. The Bertz CT molecular complexity index is 363. The molecule has 0 bridgehead atoms. The average Bonchev–Trinajstić information content (AvgIpc) is 2.23. The number of hydrogen-bond donors (Lipinski definition) is 2. The maximum Gasteiger partial charge on any atom is 0.125 e. The van der Waals surface area contributed by atoms with Gasteiger partial charge in [-0.2, -0.15) is 0 Å². The van der Waals surface area contributed by atoms with E-state index in [-0.39, 0.29) is 0 Å². The van der Waals surface area contributed by atoms with Crippen molar-refractivity contribution in [3.8, 4) is 5.75 Å². The maximum absolute atomic E-state index is 10.1. The summed E-state index contributed by atoms with van der Waals surface area (Å²) >= 11 is 0. The maximum atomic E-state index is 10.1. The van der Waals surface area contributed by atoms with E-state index in [4.69, 9.17) is 0 Å². The first-order valence-corrected chi connectivity index (χ1v) is 5.43. The zero-order chi connectivity index (χ0) is 10.8. The molecule has 1 aromatic rings. The minimum atomic E-state index is 0.480. The zero-order valence-electron chi connectivity index (χ0n) is 9.38. The van der Waals surface area contributed by atoms with Crippen LogP contribution in [-0.4, -0.2) is 25.7 Å². The first kappa shape index (κ1) is 10.3. The lowest BCUT2D eigenvalue weighted by Crippen LogP contribution is -2.25. The fraction of sp³-hybridized carbons (Fsp3) is 0.500. The van der Waals surface area contributed by atoms with Crippen molar-refractivity contribution in [1.29, 1.82) is 0 Å². The molecular weight excluding hydrogens is 188 g/mol. The normalized spacial score (nSPS) is 15.2. The Balaban J connectivity index is 2.42. The molecule has 3 heteroatoms. The molecule has 0 fully saturated rings. The van der Waals surface area contributed by atoms with Crippen LogP contribution in [0.5, 0.6) is 5.75 Å². The molecule has 0 radical (unpaired) electrons. The van der Waals surface area contributed by atoms with Gasteiger partial charge >= 0.3 is 0 Å². The number of hydrogen-bond acceptors (Lipinski definition) is 3. The standard InChI is InChI=1S/C12H18N2O/c1-13-8-9-5-6-11-10(12(9)15)4-3-7-14(11)2/h5-6,13,15H,3-4,7-8H2,1-2H3. The van der Waals surface area contributed by atoms with Gasteiger partial charge in [-0.3, -0.25) is 0 Å². The van der Waals surface area contributed by atoms with Crippen LogP contribution in [0.4, 0.5) is 5.69 Å². The van der Waals surface area contributed by atoms with E-state index in [1.807, 2.05) is 13.1 Å². The minimum absolute atomic E-state index is 0.480. The summed E-state index contributed by atoms with van der Waals surface area (Å²) in [5, 5.41) is 13.2. The Morgan fingerprint density at radius 2 is 2.27 bits per heavy atom. The van der Waals surface area contributed by atoms with E-state index < -0.39 is 0 Å². The molecule has 1 aliphatic rings. The van der Waals surface area contributed by atoms with Gasteiger partial charge in [0.25, 0.3) is 0 Å². The molecular formula is C12H18N2O. The highest BCUT2D eigenvalue weighted by Gasteiger charge is 2.18. The molecule has 0 saturated carbocycles. The summed E-state index contributed by atoms with van der Waals surface area (Å²) in [4.78, 5) is 2.21. The van der Waals surface area contributed by atoms with Gasteiger partial charge in [0.15, 0.2) is 0 Å². The van der Waals surface area contributed by atoms with Gasteiger partial charge in [-0.05, 0) is 26.0 Å². The second-order valence-electron chi connectivity index (χ2n) is 4.13. The van der Waals surface area contributed by atoms with E-state index in [0.29, 0.717) is 5.75 Å². The molecule has 2 N–H and O–H groups in total. The van der Waals surface area contributed by atoms with Gasteiger partial charge in [0.1, 0.15) is 5.75 Å². The number of aromatic hydroxyl groups is 1. The van der Waals surface area contributed by atoms with Gasteiger partial charge in [0.05, 0.1) is 0 Å². The van der Waals surface area contributed by atoms with Crippen LogP contribution in [0.25, 0.3) is 0 Å². The fourth-order valence-electron chi connectivity index (χ4n) is 2.22. The lowest BCUT2D eigenvalue weighted by molar-refractivity contribution is 0.456. The van der Waals surface area contributed by atoms with Crippen molar-refractivity contribution in [2.45, 2.75) is 19.4 Å². The van der Waals surface area contributed by atoms with E-state index in [9.17, 15) is 5.11 Å². The molecule has 1 heterocycles. The topological polar surface area (TPSA) is 35.5 Å². The summed E-state index contributed by atoms with van der Waals surface area (Å²) in [5.41, 5.74) is 3.28. The number of rotatable bonds is 2. The van der Waals surface area contributed by atoms with Crippen molar-refractivity contribution in [3.05, 3.63) is 23.3 Å². The molecule has 1 aliphatic heterocycles. The molecule has 0 unspecified atom stereocenters. The highest BCUT2D eigenvalue weighted by atomic mass is 16.3. The van der Waals surface area contributed by atoms with Gasteiger partial charge in [-0.1, -0.05) is 6.07 Å². The zero-order valence-corrected chi connectivity index (χ0v) is 9.38. The number of benzene rings is 1. The third-order valence-corrected chi connectivity index (χ3v) is 3.04. The molecule has 2 rings (SSSR count). The first-order chi connectivity index (χ1) is 7.24. The second kappa shape index (κ2) is 4.11. The van der Waals surface area contributed by atoms with Crippen LogP contribution in [-0.2, 0) is 13.0 Å². The van der Waals surface area contributed by atoms with E-state index in [0.717, 1.165) is 37.1 Å². The molecule has 0 spiro atoms. The largest absolute Gasteiger partial charge is 0.507 e. The van der Waals surface area contributed by atoms with Crippen LogP contribution in [0.2, 0.25) is 0 Å². The Morgan fingerprint density at radius 3 is 3.00 bits per heavy atom. The van der Waals surface area contributed by atoms with Crippen LogP contribution < -0.4 is 10.2 Å². The summed E-state index contributed by atoms with van der Waals surface area (Å²) in [6.45, 7) is 1.81. The number of phenolic OH excluding ortho intramolecular Hbond substituents is 1. The number of anilines is 1. The molecule has 3 nitrogen and oxygen atoms in total. The highest BCUT2D eigenvalue weighted by molar-refractivity contribution is 5.62. The van der Waals surface area contributed by atoms with Crippen molar-refractivity contribution >= 4 is 5.69 Å². The molecule has 1 aromatic carbocycles. The molecule has 0 amide bonds. The quantitative estimate of drug-likeness (QED) is 0.769. The fourth-order valence-corrected chi connectivity index (χ4v) is 2.22. The van der Waals surface area contributed by atoms with Crippen LogP contribution in [0.1, 0.15) is 17.5 Å².